The third-order valence-electron chi connectivity index (χ3n) is 7.81. The van der Waals surface area contributed by atoms with Crippen molar-refractivity contribution in [3.63, 3.8) is 0 Å². The van der Waals surface area contributed by atoms with Crippen LogP contribution in [-0.4, -0.2) is 21.9 Å². The first-order chi connectivity index (χ1) is 10.5. The van der Waals surface area contributed by atoms with Gasteiger partial charge in [-0.15, -0.1) is 6.42 Å². The largest absolute Gasteiger partial charge is 0.393 e. The molecule has 4 aliphatic carbocycles. The number of hydrogen-bond acceptors (Lipinski definition) is 2. The highest BCUT2D eigenvalue weighted by molar-refractivity contribution is 5.26. The summed E-state index contributed by atoms with van der Waals surface area (Å²) in [7, 11) is 0. The Balaban J connectivity index is 1.64. The predicted molar refractivity (Wildman–Crippen MR) is 86.9 cm³/mol. The van der Waals surface area contributed by atoms with Crippen molar-refractivity contribution in [2.75, 3.05) is 0 Å². The van der Waals surface area contributed by atoms with Crippen LogP contribution < -0.4 is 0 Å². The minimum absolute atomic E-state index is 0.0948. The normalized spacial score (nSPS) is 53.7. The zero-order chi connectivity index (χ0) is 15.5. The molecular formula is C20H28O2. The first-order valence-electron chi connectivity index (χ1n) is 9.05. The molecule has 0 aromatic carbocycles. The van der Waals surface area contributed by atoms with Gasteiger partial charge in [-0.2, -0.15) is 0 Å². The summed E-state index contributed by atoms with van der Waals surface area (Å²) < 4.78 is 0. The minimum atomic E-state index is -0.893. The van der Waals surface area contributed by atoms with Crippen LogP contribution >= 0.6 is 0 Å². The first-order valence-corrected chi connectivity index (χ1v) is 9.05. The molecular weight excluding hydrogens is 272 g/mol. The Morgan fingerprint density at radius 1 is 1.18 bits per heavy atom. The van der Waals surface area contributed by atoms with Gasteiger partial charge in [0.15, 0.2) is 0 Å². The summed E-state index contributed by atoms with van der Waals surface area (Å²) in [4.78, 5) is 0. The van der Waals surface area contributed by atoms with Gasteiger partial charge in [0.2, 0.25) is 0 Å². The van der Waals surface area contributed by atoms with E-state index in [4.69, 9.17) is 6.42 Å². The van der Waals surface area contributed by atoms with Crippen LogP contribution in [0, 0.1) is 41.4 Å². The molecule has 0 saturated heterocycles. The van der Waals surface area contributed by atoms with Crippen molar-refractivity contribution in [2.24, 2.45) is 29.1 Å². The third kappa shape index (κ3) is 1.82. The summed E-state index contributed by atoms with van der Waals surface area (Å²) in [5.41, 5.74) is 0.534. The molecule has 22 heavy (non-hydrogen) atoms. The van der Waals surface area contributed by atoms with E-state index in [-0.39, 0.29) is 11.5 Å². The highest BCUT2D eigenvalue weighted by Gasteiger charge is 2.61. The van der Waals surface area contributed by atoms with E-state index in [1.54, 1.807) is 0 Å². The van der Waals surface area contributed by atoms with Gasteiger partial charge in [-0.1, -0.05) is 24.5 Å². The predicted octanol–water partition coefficient (Wildman–Crippen LogP) is 3.28. The lowest BCUT2D eigenvalue weighted by molar-refractivity contribution is -0.0828. The average molecular weight is 300 g/mol. The number of terminal acetylenes is 1. The molecule has 4 rings (SSSR count). The Bertz CT molecular complexity index is 544. The lowest BCUT2D eigenvalue weighted by Gasteiger charge is -2.54. The second kappa shape index (κ2) is 4.86. The molecule has 0 aromatic rings. The van der Waals surface area contributed by atoms with Crippen molar-refractivity contribution in [1.29, 1.82) is 0 Å². The van der Waals surface area contributed by atoms with E-state index in [1.807, 2.05) is 0 Å². The van der Waals surface area contributed by atoms with Gasteiger partial charge in [-0.3, -0.25) is 0 Å². The standard InChI is InChI=1S/C20H28O2/c1-3-20(22)11-9-18-17-6-4-13-12-14(21)5-7-15(13)16(17)8-10-19(18,20)2/h1,4,14-18,21-22H,5-12H2,2H3. The van der Waals surface area contributed by atoms with Gasteiger partial charge in [0, 0.05) is 5.41 Å². The van der Waals surface area contributed by atoms with Gasteiger partial charge in [0.1, 0.15) is 5.60 Å². The van der Waals surface area contributed by atoms with Crippen LogP contribution in [0.25, 0.3) is 0 Å². The van der Waals surface area contributed by atoms with Crippen LogP contribution in [0.3, 0.4) is 0 Å². The van der Waals surface area contributed by atoms with E-state index in [2.05, 4.69) is 18.9 Å². The molecule has 7 atom stereocenters. The highest BCUT2D eigenvalue weighted by atomic mass is 16.3. The molecule has 120 valence electrons. The van der Waals surface area contributed by atoms with Crippen molar-refractivity contribution in [1.82, 2.24) is 0 Å². The summed E-state index contributed by atoms with van der Waals surface area (Å²) in [6.45, 7) is 2.24. The third-order valence-corrected chi connectivity index (χ3v) is 7.81. The van der Waals surface area contributed by atoms with Crippen LogP contribution in [-0.2, 0) is 0 Å². The minimum Gasteiger partial charge on any atom is -0.393 e. The summed E-state index contributed by atoms with van der Waals surface area (Å²) in [6.07, 6.45) is 16.3. The molecule has 7 unspecified atom stereocenters. The summed E-state index contributed by atoms with van der Waals surface area (Å²) in [6, 6.07) is 0. The van der Waals surface area contributed by atoms with E-state index < -0.39 is 5.60 Å². The van der Waals surface area contributed by atoms with Gasteiger partial charge in [-0.25, -0.2) is 0 Å². The summed E-state index contributed by atoms with van der Waals surface area (Å²) in [5.74, 6) is 5.44. The van der Waals surface area contributed by atoms with Crippen LogP contribution in [0.1, 0.15) is 58.3 Å². The Hall–Kier alpha value is -0.780. The molecule has 2 heteroatoms. The van der Waals surface area contributed by atoms with Gasteiger partial charge >= 0.3 is 0 Å². The molecule has 0 heterocycles. The van der Waals surface area contributed by atoms with Crippen molar-refractivity contribution >= 4 is 0 Å². The maximum Gasteiger partial charge on any atom is 0.130 e. The average Bonchev–Trinajstić information content (AvgIpc) is 2.79. The molecule has 2 nitrogen and oxygen atoms in total. The first kappa shape index (κ1) is 14.8. The molecule has 0 radical (unpaired) electrons. The van der Waals surface area contributed by atoms with Gasteiger partial charge in [-0.05, 0) is 75.0 Å². The quantitative estimate of drug-likeness (QED) is 0.532. The molecule has 0 aliphatic heterocycles. The highest BCUT2D eigenvalue weighted by Crippen LogP contribution is 2.64. The van der Waals surface area contributed by atoms with Crippen molar-refractivity contribution in [3.8, 4) is 12.3 Å². The Morgan fingerprint density at radius 3 is 2.77 bits per heavy atom. The van der Waals surface area contributed by atoms with Gasteiger partial charge in [0.25, 0.3) is 0 Å². The van der Waals surface area contributed by atoms with E-state index >= 15 is 0 Å². The fraction of sp³-hybridized carbons (Fsp3) is 0.800. The Morgan fingerprint density at radius 2 is 2.00 bits per heavy atom. The fourth-order valence-electron chi connectivity index (χ4n) is 6.50. The maximum atomic E-state index is 10.9. The number of fused-ring (bicyclic) bond motifs is 5. The molecule has 0 aromatic heterocycles. The Kier molecular flexibility index (Phi) is 3.26. The molecule has 3 fully saturated rings. The molecule has 0 amide bonds. The number of aliphatic hydroxyl groups is 2. The van der Waals surface area contributed by atoms with Crippen molar-refractivity contribution < 1.29 is 10.2 Å². The SMILES string of the molecule is C#CC1(O)CCC2C3CC=C4CC(O)CCC4C3CCC21C. The molecule has 0 bridgehead atoms. The monoisotopic (exact) mass is 300 g/mol. The second-order valence-corrected chi connectivity index (χ2v) is 8.49. The lowest BCUT2D eigenvalue weighted by Crippen LogP contribution is -2.52. The molecule has 3 saturated carbocycles. The smallest absolute Gasteiger partial charge is 0.130 e. The second-order valence-electron chi connectivity index (χ2n) is 8.49. The number of rotatable bonds is 0. The van der Waals surface area contributed by atoms with Gasteiger partial charge < -0.3 is 10.2 Å². The molecule has 4 aliphatic rings. The topological polar surface area (TPSA) is 40.5 Å². The summed E-state index contributed by atoms with van der Waals surface area (Å²) in [5, 5.41) is 20.9. The van der Waals surface area contributed by atoms with Crippen LogP contribution in [0.2, 0.25) is 0 Å². The van der Waals surface area contributed by atoms with E-state index in [0.717, 1.165) is 50.9 Å². The van der Waals surface area contributed by atoms with Crippen molar-refractivity contribution in [2.45, 2.75) is 70.0 Å². The van der Waals surface area contributed by atoms with Crippen LogP contribution in [0.5, 0.6) is 0 Å². The van der Waals surface area contributed by atoms with E-state index in [1.165, 1.54) is 12.0 Å². The van der Waals surface area contributed by atoms with E-state index in [9.17, 15) is 10.2 Å². The maximum absolute atomic E-state index is 10.9. The van der Waals surface area contributed by atoms with Crippen LogP contribution in [0.4, 0.5) is 0 Å². The zero-order valence-electron chi connectivity index (χ0n) is 13.6. The van der Waals surface area contributed by atoms with Crippen molar-refractivity contribution in [3.05, 3.63) is 11.6 Å². The van der Waals surface area contributed by atoms with Crippen LogP contribution in [0.15, 0.2) is 11.6 Å². The molecule has 0 spiro atoms. The summed E-state index contributed by atoms with van der Waals surface area (Å²) >= 11 is 0. The fourth-order valence-corrected chi connectivity index (χ4v) is 6.50. The number of aliphatic hydroxyl groups excluding tert-OH is 1. The lowest BCUT2D eigenvalue weighted by atomic mass is 9.51. The number of allylic oxidation sites excluding steroid dienone is 1. The van der Waals surface area contributed by atoms with Gasteiger partial charge in [0.05, 0.1) is 6.10 Å². The number of hydrogen-bond donors (Lipinski definition) is 2. The Labute approximate surface area is 134 Å². The van der Waals surface area contributed by atoms with E-state index in [0.29, 0.717) is 17.8 Å². The molecule has 2 N–H and O–H groups in total. The zero-order valence-corrected chi connectivity index (χ0v) is 13.6.